The molecule has 2 amide bonds. The fourth-order valence-electron chi connectivity index (χ4n) is 4.19. The minimum Gasteiger partial charge on any atom is -0.378 e. The maximum absolute atomic E-state index is 12.4. The number of rotatable bonds is 9. The molecule has 4 rings (SSSR count). The van der Waals surface area contributed by atoms with E-state index < -0.39 is 0 Å². The summed E-state index contributed by atoms with van der Waals surface area (Å²) in [5.74, 6) is -0.180. The Morgan fingerprint density at radius 1 is 0.743 bits per heavy atom. The molecular weight excluding hydrogens is 446 g/mol. The van der Waals surface area contributed by atoms with Gasteiger partial charge in [0.15, 0.2) is 0 Å². The normalized spacial score (nSPS) is 16.3. The van der Waals surface area contributed by atoms with Crippen LogP contribution in [0.1, 0.15) is 6.42 Å². The first-order valence-corrected chi connectivity index (χ1v) is 12.2. The van der Waals surface area contributed by atoms with Gasteiger partial charge in [-0.2, -0.15) is 0 Å². The lowest BCUT2D eigenvalue weighted by atomic mass is 10.2. The zero-order chi connectivity index (χ0) is 24.5. The molecule has 188 valence electrons. The summed E-state index contributed by atoms with van der Waals surface area (Å²) in [5, 5.41) is 5.86. The minimum atomic E-state index is -0.106. The third-order valence-electron chi connectivity index (χ3n) is 6.19. The summed E-state index contributed by atoms with van der Waals surface area (Å²) in [5.41, 5.74) is 3.80. The lowest BCUT2D eigenvalue weighted by Crippen LogP contribution is -2.36. The number of carbonyl (C=O) groups excluding carboxylic acids is 2. The smallest absolute Gasteiger partial charge is 0.238 e. The number of likely N-dealkylation sites (N-methyl/N-ethyl adjacent to an activating group) is 1. The van der Waals surface area contributed by atoms with E-state index in [9.17, 15) is 9.59 Å². The van der Waals surface area contributed by atoms with E-state index in [4.69, 9.17) is 9.47 Å². The van der Waals surface area contributed by atoms with E-state index >= 15 is 0 Å². The number of carbonyl (C=O) groups is 2. The van der Waals surface area contributed by atoms with Crippen molar-refractivity contribution in [2.24, 2.45) is 0 Å². The number of nitrogens with one attached hydrogen (secondary N) is 2. The van der Waals surface area contributed by atoms with Crippen molar-refractivity contribution in [2.45, 2.75) is 6.42 Å². The maximum Gasteiger partial charge on any atom is 0.238 e. The Bertz CT molecular complexity index is 955. The highest BCUT2D eigenvalue weighted by atomic mass is 16.5. The molecule has 0 saturated carbocycles. The zero-order valence-corrected chi connectivity index (χ0v) is 20.4. The molecule has 2 heterocycles. The Balaban J connectivity index is 1.15. The van der Waals surface area contributed by atoms with E-state index in [1.807, 2.05) is 60.5 Å². The first-order valence-electron chi connectivity index (χ1n) is 12.2. The molecule has 0 unspecified atom stereocenters. The molecule has 2 aliphatic rings. The number of hydrogen-bond acceptors (Lipinski definition) is 7. The minimum absolute atomic E-state index is 0.0740. The lowest BCUT2D eigenvalue weighted by molar-refractivity contribution is -0.119. The molecule has 2 aromatic rings. The van der Waals surface area contributed by atoms with Gasteiger partial charge in [-0.3, -0.25) is 14.5 Å². The highest BCUT2D eigenvalue weighted by molar-refractivity contribution is 5.93. The largest absolute Gasteiger partial charge is 0.378 e. The van der Waals surface area contributed by atoms with Crippen LogP contribution in [-0.2, 0) is 19.1 Å². The summed E-state index contributed by atoms with van der Waals surface area (Å²) < 4.78 is 10.8. The molecule has 2 aromatic carbocycles. The van der Waals surface area contributed by atoms with Crippen LogP contribution in [0.3, 0.4) is 0 Å². The molecular formula is C26H35N5O4. The number of benzene rings is 2. The number of ether oxygens (including phenoxy) is 2. The Morgan fingerprint density at radius 2 is 1.17 bits per heavy atom. The van der Waals surface area contributed by atoms with Crippen LogP contribution in [0.2, 0.25) is 0 Å². The molecule has 2 aliphatic heterocycles. The van der Waals surface area contributed by atoms with Crippen LogP contribution in [0.15, 0.2) is 48.5 Å². The van der Waals surface area contributed by atoms with Crippen LogP contribution in [0.4, 0.5) is 22.7 Å². The molecule has 0 spiro atoms. The third-order valence-corrected chi connectivity index (χ3v) is 6.19. The quantitative estimate of drug-likeness (QED) is 0.568. The Kier molecular flexibility index (Phi) is 8.94. The van der Waals surface area contributed by atoms with E-state index in [2.05, 4.69) is 20.4 Å². The van der Waals surface area contributed by atoms with E-state index in [0.29, 0.717) is 13.0 Å². The van der Waals surface area contributed by atoms with Gasteiger partial charge in [-0.25, -0.2) is 0 Å². The molecule has 0 aromatic heterocycles. The second-order valence-corrected chi connectivity index (χ2v) is 8.88. The Morgan fingerprint density at radius 3 is 1.63 bits per heavy atom. The highest BCUT2D eigenvalue weighted by Crippen LogP contribution is 2.20. The fraction of sp³-hybridized carbons (Fsp3) is 0.462. The van der Waals surface area contributed by atoms with Crippen LogP contribution in [-0.4, -0.2) is 89.5 Å². The van der Waals surface area contributed by atoms with E-state index in [-0.39, 0.29) is 18.4 Å². The van der Waals surface area contributed by atoms with Gasteiger partial charge in [0.05, 0.1) is 33.0 Å². The molecule has 0 atom stereocenters. The van der Waals surface area contributed by atoms with Gasteiger partial charge in [0.25, 0.3) is 0 Å². The fourth-order valence-corrected chi connectivity index (χ4v) is 4.19. The zero-order valence-electron chi connectivity index (χ0n) is 20.4. The van der Waals surface area contributed by atoms with Gasteiger partial charge in [-0.1, -0.05) is 0 Å². The number of anilines is 4. The summed E-state index contributed by atoms with van der Waals surface area (Å²) in [6.07, 6.45) is 0.309. The van der Waals surface area contributed by atoms with Gasteiger partial charge >= 0.3 is 0 Å². The molecule has 0 aliphatic carbocycles. The number of amides is 2. The van der Waals surface area contributed by atoms with E-state index in [1.165, 1.54) is 0 Å². The van der Waals surface area contributed by atoms with Gasteiger partial charge in [0.2, 0.25) is 11.8 Å². The monoisotopic (exact) mass is 481 g/mol. The lowest BCUT2D eigenvalue weighted by Gasteiger charge is -2.29. The van der Waals surface area contributed by atoms with E-state index in [0.717, 1.165) is 75.4 Å². The van der Waals surface area contributed by atoms with Crippen LogP contribution in [0, 0.1) is 0 Å². The SMILES string of the molecule is CN(CCC(=O)Nc1ccc(N2CCOCC2)cc1)CC(=O)Nc1ccc(N2CCOCC2)cc1. The van der Waals surface area contributed by atoms with Crippen molar-refractivity contribution >= 4 is 34.6 Å². The van der Waals surface area contributed by atoms with Crippen molar-refractivity contribution in [3.05, 3.63) is 48.5 Å². The summed E-state index contributed by atoms with van der Waals surface area (Å²) in [4.78, 5) is 31.2. The van der Waals surface area contributed by atoms with Crippen LogP contribution in [0.5, 0.6) is 0 Å². The average molecular weight is 482 g/mol. The van der Waals surface area contributed by atoms with Gasteiger partial charge in [0.1, 0.15) is 0 Å². The number of morpholine rings is 2. The average Bonchev–Trinajstić information content (AvgIpc) is 2.89. The highest BCUT2D eigenvalue weighted by Gasteiger charge is 2.14. The molecule has 9 nitrogen and oxygen atoms in total. The van der Waals surface area contributed by atoms with Gasteiger partial charge in [-0.15, -0.1) is 0 Å². The molecule has 0 radical (unpaired) electrons. The first kappa shape index (κ1) is 25.0. The van der Waals surface area contributed by atoms with Crippen molar-refractivity contribution < 1.29 is 19.1 Å². The van der Waals surface area contributed by atoms with Crippen molar-refractivity contribution in [2.75, 3.05) is 93.2 Å². The van der Waals surface area contributed by atoms with Gasteiger partial charge < -0.3 is 29.9 Å². The summed E-state index contributed by atoms with van der Waals surface area (Å²) in [6, 6.07) is 15.7. The second-order valence-electron chi connectivity index (χ2n) is 8.88. The Hall–Kier alpha value is -3.14. The predicted octanol–water partition coefficient (Wildman–Crippen LogP) is 2.26. The topological polar surface area (TPSA) is 86.4 Å². The summed E-state index contributed by atoms with van der Waals surface area (Å²) >= 11 is 0. The molecule has 35 heavy (non-hydrogen) atoms. The standard InChI is InChI=1S/C26H35N5O4/c1-29(20-26(33)28-22-4-8-24(9-5-22)31-14-18-35-19-15-31)11-10-25(32)27-21-2-6-23(7-3-21)30-12-16-34-17-13-30/h2-9H,10-20H2,1H3,(H,27,32)(H,28,33). The molecule has 0 bridgehead atoms. The predicted molar refractivity (Wildman–Crippen MR) is 138 cm³/mol. The van der Waals surface area contributed by atoms with Crippen LogP contribution < -0.4 is 20.4 Å². The molecule has 2 saturated heterocycles. The van der Waals surface area contributed by atoms with Crippen LogP contribution >= 0.6 is 0 Å². The number of hydrogen-bond donors (Lipinski definition) is 2. The molecule has 2 fully saturated rings. The van der Waals surface area contributed by atoms with Crippen molar-refractivity contribution in [1.82, 2.24) is 4.90 Å². The first-order chi connectivity index (χ1) is 17.1. The van der Waals surface area contributed by atoms with Crippen LogP contribution in [0.25, 0.3) is 0 Å². The van der Waals surface area contributed by atoms with E-state index in [1.54, 1.807) is 0 Å². The Labute approximate surface area is 207 Å². The van der Waals surface area contributed by atoms with Gasteiger partial charge in [-0.05, 0) is 55.6 Å². The molecule has 9 heteroatoms. The number of nitrogens with zero attached hydrogens (tertiary/aromatic N) is 3. The van der Waals surface area contributed by atoms with Gasteiger partial charge in [0, 0.05) is 61.9 Å². The second kappa shape index (κ2) is 12.5. The third kappa shape index (κ3) is 7.68. The van der Waals surface area contributed by atoms with Crippen molar-refractivity contribution in [3.63, 3.8) is 0 Å². The van der Waals surface area contributed by atoms with Crippen molar-refractivity contribution in [3.8, 4) is 0 Å². The maximum atomic E-state index is 12.4. The summed E-state index contributed by atoms with van der Waals surface area (Å²) in [6.45, 7) is 7.18. The summed E-state index contributed by atoms with van der Waals surface area (Å²) in [7, 11) is 1.84. The molecule has 2 N–H and O–H groups in total. The van der Waals surface area contributed by atoms with Crippen molar-refractivity contribution in [1.29, 1.82) is 0 Å².